The van der Waals surface area contributed by atoms with E-state index >= 15 is 0 Å². The van der Waals surface area contributed by atoms with Crippen molar-refractivity contribution in [2.45, 2.75) is 25.7 Å². The summed E-state index contributed by atoms with van der Waals surface area (Å²) in [6.45, 7) is 0. The van der Waals surface area contributed by atoms with Crippen LogP contribution in [0.25, 0.3) is 0 Å². The smallest absolute Gasteiger partial charge is 0.258 e. The molecule has 0 unspecified atom stereocenters. The summed E-state index contributed by atoms with van der Waals surface area (Å²) in [7, 11) is 1.78. The third kappa shape index (κ3) is 2.79. The number of hydrogen-bond acceptors (Lipinski definition) is 6. The third-order valence-electron chi connectivity index (χ3n) is 3.95. The predicted molar refractivity (Wildman–Crippen MR) is 89.9 cm³/mol. The number of carbonyl (C=O) groups excluding carboxylic acids is 1. The van der Waals surface area contributed by atoms with Gasteiger partial charge < -0.3 is 26.0 Å². The molecule has 0 bridgehead atoms. The fourth-order valence-electron chi connectivity index (χ4n) is 2.85. The van der Waals surface area contributed by atoms with Crippen LogP contribution in [0, 0.1) is 0 Å². The summed E-state index contributed by atoms with van der Waals surface area (Å²) in [5.41, 5.74) is 1.93. The first-order valence-electron chi connectivity index (χ1n) is 7.40. The Bertz CT molecular complexity index is 747. The molecule has 0 saturated heterocycles. The average molecular weight is 334 g/mol. The number of aryl methyl sites for hydroxylation is 1. The molecule has 1 aromatic heterocycles. The van der Waals surface area contributed by atoms with Gasteiger partial charge in [-0.1, -0.05) is 0 Å². The van der Waals surface area contributed by atoms with Crippen LogP contribution in [0.2, 0.25) is 0 Å². The lowest BCUT2D eigenvalue weighted by Crippen LogP contribution is -2.15. The van der Waals surface area contributed by atoms with Crippen LogP contribution in [0.1, 0.15) is 33.6 Å². The zero-order valence-electron chi connectivity index (χ0n) is 12.6. The van der Waals surface area contributed by atoms with E-state index in [1.807, 2.05) is 0 Å². The number of amides is 1. The summed E-state index contributed by atoms with van der Waals surface area (Å²) in [6, 6.07) is 2.40. The molecule has 2 aromatic rings. The molecule has 0 fully saturated rings. The lowest BCUT2D eigenvalue weighted by Gasteiger charge is -2.13. The van der Waals surface area contributed by atoms with Crippen LogP contribution >= 0.6 is 11.3 Å². The molecule has 23 heavy (non-hydrogen) atoms. The Morgan fingerprint density at radius 1 is 1.13 bits per heavy atom. The second kappa shape index (κ2) is 6.00. The minimum Gasteiger partial charge on any atom is -0.504 e. The van der Waals surface area contributed by atoms with Gasteiger partial charge in [-0.15, -0.1) is 11.3 Å². The van der Waals surface area contributed by atoms with Gasteiger partial charge in [0.05, 0.1) is 5.56 Å². The first-order chi connectivity index (χ1) is 11.0. The topological polar surface area (TPSA) is 102 Å². The number of nitrogens with one attached hydrogen (secondary N) is 2. The quantitative estimate of drug-likeness (QED) is 0.439. The van der Waals surface area contributed by atoms with Crippen molar-refractivity contribution in [1.82, 2.24) is 0 Å². The monoisotopic (exact) mass is 334 g/mol. The molecular weight excluding hydrogens is 316 g/mol. The molecule has 0 radical (unpaired) electrons. The van der Waals surface area contributed by atoms with Gasteiger partial charge in [0.2, 0.25) is 0 Å². The standard InChI is InChI=1S/C16H18N2O4S/c1-17-16-13(9-4-2-3-5-12(9)23-16)15(22)18-8-6-10(19)14(21)11(20)7-8/h6-7,17,19-21H,2-5H2,1H3,(H,18,22). The van der Waals surface area contributed by atoms with Gasteiger partial charge in [-0.25, -0.2) is 0 Å². The number of thiophene rings is 1. The average Bonchev–Trinajstić information content (AvgIpc) is 2.91. The zero-order valence-corrected chi connectivity index (χ0v) is 13.5. The van der Waals surface area contributed by atoms with Crippen LogP contribution in [0.15, 0.2) is 12.1 Å². The van der Waals surface area contributed by atoms with E-state index in [1.165, 1.54) is 17.0 Å². The van der Waals surface area contributed by atoms with Crippen LogP contribution in [0.4, 0.5) is 10.7 Å². The summed E-state index contributed by atoms with van der Waals surface area (Å²) in [5.74, 6) is -1.87. The van der Waals surface area contributed by atoms with Gasteiger partial charge in [-0.05, 0) is 31.2 Å². The minimum atomic E-state index is -0.605. The summed E-state index contributed by atoms with van der Waals surface area (Å²) in [4.78, 5) is 13.9. The Balaban J connectivity index is 1.93. The number of anilines is 2. The summed E-state index contributed by atoms with van der Waals surface area (Å²) < 4.78 is 0. The van der Waals surface area contributed by atoms with Crippen molar-refractivity contribution in [3.8, 4) is 17.2 Å². The maximum Gasteiger partial charge on any atom is 0.258 e. The molecule has 5 N–H and O–H groups in total. The number of rotatable bonds is 3. The molecule has 1 aliphatic rings. The van der Waals surface area contributed by atoms with E-state index in [1.54, 1.807) is 18.4 Å². The van der Waals surface area contributed by atoms with Gasteiger partial charge in [-0.3, -0.25) is 4.79 Å². The normalized spacial score (nSPS) is 13.4. The molecule has 0 aliphatic heterocycles. The molecule has 1 aromatic carbocycles. The summed E-state index contributed by atoms with van der Waals surface area (Å²) in [5, 5.41) is 35.0. The number of carbonyl (C=O) groups is 1. The lowest BCUT2D eigenvalue weighted by atomic mass is 9.95. The SMILES string of the molecule is CNc1sc2c(c1C(=O)Nc1cc(O)c(O)c(O)c1)CCCC2. The third-order valence-corrected chi connectivity index (χ3v) is 5.26. The van der Waals surface area contributed by atoms with E-state index in [0.717, 1.165) is 36.2 Å². The highest BCUT2D eigenvalue weighted by atomic mass is 32.1. The largest absolute Gasteiger partial charge is 0.504 e. The highest BCUT2D eigenvalue weighted by Gasteiger charge is 2.25. The first kappa shape index (κ1) is 15.5. The Kier molecular flexibility index (Phi) is 4.04. The Morgan fingerprint density at radius 2 is 1.78 bits per heavy atom. The molecule has 1 aliphatic carbocycles. The molecule has 6 nitrogen and oxygen atoms in total. The fourth-order valence-corrected chi connectivity index (χ4v) is 4.09. The molecule has 3 rings (SSSR count). The molecule has 0 atom stereocenters. The number of aromatic hydroxyl groups is 3. The maximum atomic E-state index is 12.7. The molecule has 0 saturated carbocycles. The number of phenols is 3. The second-order valence-electron chi connectivity index (χ2n) is 5.48. The summed E-state index contributed by atoms with van der Waals surface area (Å²) in [6.07, 6.45) is 4.07. The van der Waals surface area contributed by atoms with Gasteiger partial charge in [0.15, 0.2) is 17.2 Å². The molecule has 122 valence electrons. The Hall–Kier alpha value is -2.41. The Morgan fingerprint density at radius 3 is 2.43 bits per heavy atom. The van der Waals surface area contributed by atoms with Crippen LogP contribution in [-0.2, 0) is 12.8 Å². The van der Waals surface area contributed by atoms with Crippen molar-refractivity contribution in [3.63, 3.8) is 0 Å². The van der Waals surface area contributed by atoms with Gasteiger partial charge in [0.25, 0.3) is 5.91 Å². The predicted octanol–water partition coefficient (Wildman–Crippen LogP) is 3.04. The van der Waals surface area contributed by atoms with Gasteiger partial charge in [0, 0.05) is 29.7 Å². The van der Waals surface area contributed by atoms with Gasteiger partial charge in [-0.2, -0.15) is 0 Å². The molecule has 1 amide bonds. The van der Waals surface area contributed by atoms with E-state index in [-0.39, 0.29) is 11.6 Å². The van der Waals surface area contributed by atoms with Crippen molar-refractivity contribution < 1.29 is 20.1 Å². The van der Waals surface area contributed by atoms with Crippen molar-refractivity contribution in [3.05, 3.63) is 28.1 Å². The molecular formula is C16H18N2O4S. The maximum absolute atomic E-state index is 12.7. The van der Waals surface area contributed by atoms with Gasteiger partial charge >= 0.3 is 0 Å². The number of phenolic OH excluding ortho intramolecular Hbond substituents is 3. The highest BCUT2D eigenvalue weighted by molar-refractivity contribution is 7.16. The fraction of sp³-hybridized carbons (Fsp3) is 0.312. The number of benzene rings is 1. The number of hydrogen-bond donors (Lipinski definition) is 5. The molecule has 0 spiro atoms. The molecule has 1 heterocycles. The highest BCUT2D eigenvalue weighted by Crippen LogP contribution is 2.40. The van der Waals surface area contributed by atoms with Crippen molar-refractivity contribution in [2.75, 3.05) is 17.7 Å². The van der Waals surface area contributed by atoms with E-state index in [0.29, 0.717) is 5.56 Å². The van der Waals surface area contributed by atoms with E-state index in [9.17, 15) is 20.1 Å². The lowest BCUT2D eigenvalue weighted by molar-refractivity contribution is 0.102. The van der Waals surface area contributed by atoms with E-state index in [4.69, 9.17) is 0 Å². The van der Waals surface area contributed by atoms with E-state index < -0.39 is 17.2 Å². The molecule has 7 heteroatoms. The van der Waals surface area contributed by atoms with E-state index in [2.05, 4.69) is 10.6 Å². The van der Waals surface area contributed by atoms with Crippen LogP contribution in [0.5, 0.6) is 17.2 Å². The van der Waals surface area contributed by atoms with Gasteiger partial charge in [0.1, 0.15) is 5.00 Å². The first-order valence-corrected chi connectivity index (χ1v) is 8.21. The zero-order chi connectivity index (χ0) is 16.6. The summed E-state index contributed by atoms with van der Waals surface area (Å²) >= 11 is 1.60. The van der Waals surface area contributed by atoms with Crippen molar-refractivity contribution in [2.24, 2.45) is 0 Å². The van der Waals surface area contributed by atoms with Crippen LogP contribution in [0.3, 0.4) is 0 Å². The van der Waals surface area contributed by atoms with Crippen LogP contribution < -0.4 is 10.6 Å². The Labute approximate surface area is 137 Å². The number of fused-ring (bicyclic) bond motifs is 1. The van der Waals surface area contributed by atoms with Crippen molar-refractivity contribution in [1.29, 1.82) is 0 Å². The van der Waals surface area contributed by atoms with Crippen LogP contribution in [-0.4, -0.2) is 28.3 Å². The second-order valence-corrected chi connectivity index (χ2v) is 6.59. The minimum absolute atomic E-state index is 0.223. The van der Waals surface area contributed by atoms with Crippen molar-refractivity contribution >= 4 is 27.9 Å².